The number of ketones is 1. The summed E-state index contributed by atoms with van der Waals surface area (Å²) in [5.41, 5.74) is 2.99. The number of nitrogens with one attached hydrogen (secondary N) is 1. The Bertz CT molecular complexity index is 1620. The highest BCUT2D eigenvalue weighted by atomic mass is 35.5. The lowest BCUT2D eigenvalue weighted by atomic mass is 10.0. The molecule has 2 aromatic heterocycles. The lowest BCUT2D eigenvalue weighted by molar-refractivity contribution is -0.116. The molecule has 0 unspecified atom stereocenters. The van der Waals surface area contributed by atoms with E-state index < -0.39 is 0 Å². The molecule has 6 rings (SSSR count). The lowest BCUT2D eigenvalue weighted by Crippen LogP contribution is -2.36. The van der Waals surface area contributed by atoms with E-state index in [-0.39, 0.29) is 24.4 Å². The van der Waals surface area contributed by atoms with Crippen LogP contribution < -0.4 is 14.8 Å². The van der Waals surface area contributed by atoms with Crippen molar-refractivity contribution in [2.75, 3.05) is 44.8 Å². The molecule has 2 saturated heterocycles. The minimum Gasteiger partial charge on any atom is -0.494 e. The van der Waals surface area contributed by atoms with Crippen molar-refractivity contribution >= 4 is 39.8 Å². The maximum absolute atomic E-state index is 13.0. The summed E-state index contributed by atoms with van der Waals surface area (Å²) in [4.78, 5) is 28.5. The Hall–Kier alpha value is -4.09. The number of nitrogens with zero attached hydrogens (tertiary/aromatic N) is 4. The lowest BCUT2D eigenvalue weighted by Gasteiger charge is -2.24. The molecule has 2 aliphatic heterocycles. The monoisotopic (exact) mass is 615 g/mol. The molecular weight excluding hydrogens is 582 g/mol. The van der Waals surface area contributed by atoms with Crippen molar-refractivity contribution < 1.29 is 23.7 Å². The van der Waals surface area contributed by atoms with Crippen LogP contribution in [0, 0.1) is 0 Å². The normalized spacial score (nSPS) is 18.4. The van der Waals surface area contributed by atoms with Crippen LogP contribution in [-0.4, -0.2) is 77.3 Å². The van der Waals surface area contributed by atoms with Crippen LogP contribution in [0.15, 0.2) is 73.2 Å². The Morgan fingerprint density at radius 1 is 1.05 bits per heavy atom. The van der Waals surface area contributed by atoms with Crippen molar-refractivity contribution in [1.29, 1.82) is 0 Å². The first-order valence-electron chi connectivity index (χ1n) is 14.7. The molecule has 0 saturated carbocycles. The smallest absolute Gasteiger partial charge is 0.159 e. The third kappa shape index (κ3) is 7.34. The van der Waals surface area contributed by atoms with Gasteiger partial charge in [-0.3, -0.25) is 14.7 Å². The number of carbonyl (C=O) groups excluding carboxylic acids is 1. The minimum absolute atomic E-state index is 0.0196. The number of halogens is 1. The average molecular weight is 616 g/mol. The molecule has 4 aromatic rings. The number of benzene rings is 2. The van der Waals surface area contributed by atoms with E-state index in [2.05, 4.69) is 25.2 Å². The number of hydrogen-bond acceptors (Lipinski definition) is 10. The van der Waals surface area contributed by atoms with Gasteiger partial charge < -0.3 is 24.3 Å². The number of rotatable bonds is 12. The summed E-state index contributed by atoms with van der Waals surface area (Å²) in [6.45, 7) is 6.26. The summed E-state index contributed by atoms with van der Waals surface area (Å²) in [6, 6.07) is 14.9. The second-order valence-electron chi connectivity index (χ2n) is 10.6. The van der Waals surface area contributed by atoms with Crippen LogP contribution in [0.25, 0.3) is 10.9 Å². The summed E-state index contributed by atoms with van der Waals surface area (Å²) in [5, 5.41) is 4.55. The number of allylic oxidation sites excluding steroid dienone is 1. The molecule has 44 heavy (non-hydrogen) atoms. The van der Waals surface area contributed by atoms with E-state index in [4.69, 9.17) is 30.5 Å². The number of ether oxygens (including phenoxy) is 4. The Kier molecular flexibility index (Phi) is 9.62. The fourth-order valence-corrected chi connectivity index (χ4v) is 5.63. The maximum atomic E-state index is 13.0. The number of likely N-dealkylation sites (tertiary alicyclic amines) is 1. The molecule has 0 aliphatic carbocycles. The number of anilines is 2. The third-order valence-electron chi connectivity index (χ3n) is 7.48. The van der Waals surface area contributed by atoms with Crippen molar-refractivity contribution in [2.45, 2.75) is 32.2 Å². The summed E-state index contributed by atoms with van der Waals surface area (Å²) in [5.74, 6) is 1.74. The van der Waals surface area contributed by atoms with Crippen molar-refractivity contribution in [3.05, 3.63) is 89.5 Å². The first-order chi connectivity index (χ1) is 21.6. The van der Waals surface area contributed by atoms with Crippen LogP contribution in [-0.2, 0) is 27.3 Å². The van der Waals surface area contributed by atoms with E-state index in [1.807, 2.05) is 49.4 Å². The van der Waals surface area contributed by atoms with Gasteiger partial charge in [-0.2, -0.15) is 0 Å². The quantitative estimate of drug-likeness (QED) is 0.215. The SMILES string of the molecule is CCOc1cc2ncnc(Nc3ccc(OCc4ccccn4)c(Cl)c3)c2cc1CC(=O)/C=C/CN1C[C@@H]2OCCO[C@@H]2C1. The Morgan fingerprint density at radius 3 is 2.64 bits per heavy atom. The van der Waals surface area contributed by atoms with Gasteiger partial charge >= 0.3 is 0 Å². The van der Waals surface area contributed by atoms with E-state index in [1.54, 1.807) is 24.4 Å². The van der Waals surface area contributed by atoms with Crippen LogP contribution in [0.2, 0.25) is 5.02 Å². The average Bonchev–Trinajstić information content (AvgIpc) is 3.45. The molecule has 228 valence electrons. The zero-order valence-electron chi connectivity index (χ0n) is 24.4. The van der Waals surface area contributed by atoms with Crippen molar-refractivity contribution in [3.8, 4) is 11.5 Å². The summed E-state index contributed by atoms with van der Waals surface area (Å²) >= 11 is 6.54. The van der Waals surface area contributed by atoms with Crippen molar-refractivity contribution in [1.82, 2.24) is 19.9 Å². The number of aromatic nitrogens is 3. The summed E-state index contributed by atoms with van der Waals surface area (Å²) in [7, 11) is 0. The summed E-state index contributed by atoms with van der Waals surface area (Å²) in [6.07, 6.45) is 7.18. The molecule has 2 atom stereocenters. The van der Waals surface area contributed by atoms with Crippen LogP contribution in [0.5, 0.6) is 11.5 Å². The molecule has 0 bridgehead atoms. The molecule has 11 heteroatoms. The first-order valence-corrected chi connectivity index (χ1v) is 15.1. The second-order valence-corrected chi connectivity index (χ2v) is 11.0. The minimum atomic E-state index is -0.0196. The highest BCUT2D eigenvalue weighted by Gasteiger charge is 2.35. The molecule has 0 amide bonds. The van der Waals surface area contributed by atoms with Gasteiger partial charge in [0.25, 0.3) is 0 Å². The highest BCUT2D eigenvalue weighted by Crippen LogP contribution is 2.33. The van der Waals surface area contributed by atoms with Gasteiger partial charge in [-0.15, -0.1) is 0 Å². The van der Waals surface area contributed by atoms with Gasteiger partial charge in [0, 0.05) is 55.0 Å². The fraction of sp³-hybridized carbons (Fsp3) is 0.333. The molecule has 0 spiro atoms. The zero-order valence-corrected chi connectivity index (χ0v) is 25.2. The molecule has 10 nitrogen and oxygen atoms in total. The Balaban J connectivity index is 1.14. The molecule has 4 heterocycles. The van der Waals surface area contributed by atoms with Gasteiger partial charge in [0.2, 0.25) is 0 Å². The van der Waals surface area contributed by atoms with Gasteiger partial charge in [0.15, 0.2) is 5.78 Å². The number of hydrogen-bond donors (Lipinski definition) is 1. The van der Waals surface area contributed by atoms with Crippen LogP contribution in [0.3, 0.4) is 0 Å². The molecule has 1 N–H and O–H groups in total. The van der Waals surface area contributed by atoms with Gasteiger partial charge in [0.05, 0.1) is 48.3 Å². The molecule has 2 fully saturated rings. The van der Waals surface area contributed by atoms with E-state index in [1.165, 1.54) is 6.33 Å². The molecular formula is C33H34ClN5O5. The van der Waals surface area contributed by atoms with Crippen LogP contribution >= 0.6 is 11.6 Å². The maximum Gasteiger partial charge on any atom is 0.159 e. The van der Waals surface area contributed by atoms with Crippen LogP contribution in [0.1, 0.15) is 18.2 Å². The predicted molar refractivity (Wildman–Crippen MR) is 168 cm³/mol. The molecule has 0 radical (unpaired) electrons. The van der Waals surface area contributed by atoms with Gasteiger partial charge in [-0.25, -0.2) is 9.97 Å². The van der Waals surface area contributed by atoms with E-state index in [0.29, 0.717) is 60.8 Å². The predicted octanol–water partition coefficient (Wildman–Crippen LogP) is 5.17. The molecule has 2 aliphatic rings. The highest BCUT2D eigenvalue weighted by molar-refractivity contribution is 6.32. The van der Waals surface area contributed by atoms with E-state index in [0.717, 1.165) is 35.4 Å². The topological polar surface area (TPSA) is 108 Å². The van der Waals surface area contributed by atoms with Gasteiger partial charge in [-0.05, 0) is 49.4 Å². The standard InChI is InChI=1S/C33H34ClN5O5/c1-2-41-30-17-28-26(15-22(30)14-25(40)7-5-11-39-18-31-32(19-39)43-13-12-42-31)33(37-21-36-28)38-23-8-9-29(27(34)16-23)44-20-24-6-3-4-10-35-24/h3-10,15-17,21,31-32H,2,11-14,18-20H2,1H3,(H,36,37,38)/b7-5+/t31-,32+. The van der Waals surface area contributed by atoms with Crippen molar-refractivity contribution in [3.63, 3.8) is 0 Å². The van der Waals surface area contributed by atoms with Gasteiger partial charge in [0.1, 0.15) is 30.3 Å². The molecule has 2 aromatic carbocycles. The summed E-state index contributed by atoms with van der Waals surface area (Å²) < 4.78 is 23.3. The Labute approximate surface area is 261 Å². The third-order valence-corrected chi connectivity index (χ3v) is 7.78. The Morgan fingerprint density at radius 2 is 1.89 bits per heavy atom. The van der Waals surface area contributed by atoms with E-state index >= 15 is 0 Å². The number of fused-ring (bicyclic) bond motifs is 2. The number of carbonyl (C=O) groups is 1. The first kappa shape index (κ1) is 30.0. The largest absolute Gasteiger partial charge is 0.494 e. The second kappa shape index (κ2) is 14.1. The zero-order chi connectivity index (χ0) is 30.3. The fourth-order valence-electron chi connectivity index (χ4n) is 5.39. The van der Waals surface area contributed by atoms with Crippen LogP contribution in [0.4, 0.5) is 11.5 Å². The van der Waals surface area contributed by atoms with E-state index in [9.17, 15) is 4.79 Å². The van der Waals surface area contributed by atoms with Gasteiger partial charge in [-0.1, -0.05) is 23.7 Å². The van der Waals surface area contributed by atoms with Crippen molar-refractivity contribution in [2.24, 2.45) is 0 Å². The number of pyridine rings is 1.